The van der Waals surface area contributed by atoms with E-state index in [0.717, 1.165) is 18.6 Å². The van der Waals surface area contributed by atoms with Gasteiger partial charge in [0, 0.05) is 17.4 Å². The third kappa shape index (κ3) is 8.54. The zero-order valence-electron chi connectivity index (χ0n) is 11.4. The van der Waals surface area contributed by atoms with E-state index in [1.807, 2.05) is 21.6 Å². The van der Waals surface area contributed by atoms with E-state index in [0.29, 0.717) is 11.7 Å². The number of nitrogens with one attached hydrogen (secondary N) is 1. The van der Waals surface area contributed by atoms with Crippen molar-refractivity contribution in [3.8, 4) is 0 Å². The van der Waals surface area contributed by atoms with Crippen LogP contribution in [0.15, 0.2) is 0 Å². The molecule has 21 heavy (non-hydrogen) atoms. The first-order valence-electron chi connectivity index (χ1n) is 6.53. The Balaban J connectivity index is 2.25. The molecule has 1 aliphatic heterocycles. The Morgan fingerprint density at radius 1 is 1.33 bits per heavy atom. The number of hydrogen-bond donors (Lipinski definition) is 3. The van der Waals surface area contributed by atoms with E-state index in [2.05, 4.69) is 5.32 Å². The van der Waals surface area contributed by atoms with Crippen LogP contribution in [0.5, 0.6) is 0 Å². The molecule has 0 aliphatic carbocycles. The number of aliphatic carboxylic acids is 1. The molecular weight excluding hydrogens is 338 g/mol. The lowest BCUT2D eigenvalue weighted by Gasteiger charge is -2.13. The van der Waals surface area contributed by atoms with Crippen LogP contribution in [-0.4, -0.2) is 52.8 Å². The third-order valence-corrected chi connectivity index (χ3v) is 6.68. The summed E-state index contributed by atoms with van der Waals surface area (Å²) in [5, 5.41) is 11.5. The molecule has 0 radical (unpaired) electrons. The summed E-state index contributed by atoms with van der Waals surface area (Å²) in [5.41, 5.74) is 0. The van der Waals surface area contributed by atoms with E-state index in [1.165, 1.54) is 6.42 Å². The maximum Gasteiger partial charge on any atom is 0.327 e. The van der Waals surface area contributed by atoms with E-state index in [1.54, 1.807) is 0 Å². The Bertz CT molecular complexity index is 461. The van der Waals surface area contributed by atoms with Gasteiger partial charge < -0.3 is 10.4 Å². The van der Waals surface area contributed by atoms with E-state index in [4.69, 9.17) is 9.66 Å². The number of amides is 1. The van der Waals surface area contributed by atoms with Crippen molar-refractivity contribution in [1.29, 1.82) is 0 Å². The second kappa shape index (κ2) is 8.86. The highest BCUT2D eigenvalue weighted by Gasteiger charge is 2.25. The molecule has 2 atom stereocenters. The van der Waals surface area contributed by atoms with Crippen LogP contribution >= 0.6 is 21.6 Å². The Kier molecular flexibility index (Phi) is 7.85. The Morgan fingerprint density at radius 3 is 2.57 bits per heavy atom. The van der Waals surface area contributed by atoms with Crippen molar-refractivity contribution >= 4 is 43.6 Å². The number of rotatable bonds is 9. The monoisotopic (exact) mass is 357 g/mol. The summed E-state index contributed by atoms with van der Waals surface area (Å²) in [4.78, 5) is 22.4. The van der Waals surface area contributed by atoms with Crippen LogP contribution in [0.4, 0.5) is 0 Å². The predicted molar refractivity (Wildman–Crippen MR) is 82.9 cm³/mol. The van der Waals surface area contributed by atoms with Crippen molar-refractivity contribution in [2.45, 2.75) is 43.4 Å². The number of carboxylic acids is 1. The molecule has 3 N–H and O–H groups in total. The summed E-state index contributed by atoms with van der Waals surface area (Å²) >= 11 is 0. The average Bonchev–Trinajstić information content (AvgIpc) is 2.85. The summed E-state index contributed by atoms with van der Waals surface area (Å²) in [6.45, 7) is 0. The smallest absolute Gasteiger partial charge is 0.327 e. The standard InChI is InChI=1S/C11H19NO6S3/c13-10(4-2-1-3-8-5-6-19-20-8)12-9(11(14)15)7-21(16,17)18/h8-9H,1-7H2,(H,12,13)(H,14,15)(H,16,17,18)/t8-,9+/m1/s1. The van der Waals surface area contributed by atoms with Gasteiger partial charge in [-0.05, 0) is 19.3 Å². The van der Waals surface area contributed by atoms with Crippen LogP contribution in [0.1, 0.15) is 32.1 Å². The molecular formula is C11H19NO6S3. The van der Waals surface area contributed by atoms with Gasteiger partial charge in [-0.25, -0.2) is 4.79 Å². The number of carbonyl (C=O) groups excluding carboxylic acids is 1. The molecule has 1 saturated heterocycles. The minimum absolute atomic E-state index is 0.153. The van der Waals surface area contributed by atoms with Crippen LogP contribution in [-0.2, 0) is 19.7 Å². The second-order valence-electron chi connectivity index (χ2n) is 4.78. The third-order valence-electron chi connectivity index (χ3n) is 2.92. The normalized spacial score (nSPS) is 20.1. The first-order valence-corrected chi connectivity index (χ1v) is 10.5. The Morgan fingerprint density at radius 2 is 2.05 bits per heavy atom. The maximum absolute atomic E-state index is 11.6. The Labute approximate surface area is 131 Å². The van der Waals surface area contributed by atoms with Gasteiger partial charge in [0.15, 0.2) is 0 Å². The van der Waals surface area contributed by atoms with Crippen molar-refractivity contribution in [1.82, 2.24) is 5.32 Å². The van der Waals surface area contributed by atoms with Gasteiger partial charge in [0.1, 0.15) is 11.8 Å². The molecule has 0 aromatic heterocycles. The molecule has 7 nitrogen and oxygen atoms in total. The highest BCUT2D eigenvalue weighted by Crippen LogP contribution is 2.39. The summed E-state index contributed by atoms with van der Waals surface area (Å²) in [6.07, 6.45) is 3.86. The predicted octanol–water partition coefficient (Wildman–Crippen LogP) is 1.16. The lowest BCUT2D eigenvalue weighted by molar-refractivity contribution is -0.141. The van der Waals surface area contributed by atoms with Gasteiger partial charge >= 0.3 is 5.97 Å². The van der Waals surface area contributed by atoms with Crippen LogP contribution in [0, 0.1) is 0 Å². The minimum Gasteiger partial charge on any atom is -0.480 e. The van der Waals surface area contributed by atoms with Crippen LogP contribution < -0.4 is 5.32 Å². The van der Waals surface area contributed by atoms with Gasteiger partial charge in [-0.2, -0.15) is 8.42 Å². The van der Waals surface area contributed by atoms with E-state index < -0.39 is 33.8 Å². The number of carboxylic acid groups (broad SMARTS) is 1. The molecule has 0 spiro atoms. The molecule has 122 valence electrons. The first-order chi connectivity index (χ1) is 9.78. The summed E-state index contributed by atoms with van der Waals surface area (Å²) in [6, 6.07) is -1.62. The molecule has 0 aromatic carbocycles. The molecule has 1 amide bonds. The summed E-state index contributed by atoms with van der Waals surface area (Å²) < 4.78 is 30.0. The summed E-state index contributed by atoms with van der Waals surface area (Å²) in [7, 11) is -0.730. The molecule has 0 saturated carbocycles. The van der Waals surface area contributed by atoms with Gasteiger partial charge in [-0.15, -0.1) is 0 Å². The van der Waals surface area contributed by atoms with Crippen molar-refractivity contribution in [2.24, 2.45) is 0 Å². The SMILES string of the molecule is O=C(CCCC[C@@H]1CCSS1)N[C@@H](CS(=O)(=O)O)C(=O)O. The molecule has 1 rings (SSSR count). The van der Waals surface area contributed by atoms with Crippen molar-refractivity contribution in [3.05, 3.63) is 0 Å². The first kappa shape index (κ1) is 18.6. The van der Waals surface area contributed by atoms with Crippen LogP contribution in [0.25, 0.3) is 0 Å². The fourth-order valence-corrected chi connectivity index (χ4v) is 5.55. The van der Waals surface area contributed by atoms with Gasteiger partial charge in [-0.3, -0.25) is 9.35 Å². The summed E-state index contributed by atoms with van der Waals surface area (Å²) in [5.74, 6) is -1.87. The maximum atomic E-state index is 11.6. The molecule has 1 heterocycles. The Hall–Kier alpha value is -0.450. The fourth-order valence-electron chi connectivity index (χ4n) is 1.87. The van der Waals surface area contributed by atoms with Gasteiger partial charge in [0.05, 0.1) is 0 Å². The lowest BCUT2D eigenvalue weighted by atomic mass is 10.1. The lowest BCUT2D eigenvalue weighted by Crippen LogP contribution is -2.45. The largest absolute Gasteiger partial charge is 0.480 e. The van der Waals surface area contributed by atoms with Gasteiger partial charge in [0.25, 0.3) is 10.1 Å². The molecule has 0 aromatic rings. The van der Waals surface area contributed by atoms with Crippen molar-refractivity contribution in [3.63, 3.8) is 0 Å². The van der Waals surface area contributed by atoms with Gasteiger partial charge in [0.2, 0.25) is 5.91 Å². The highest BCUT2D eigenvalue weighted by atomic mass is 33.1. The topological polar surface area (TPSA) is 121 Å². The molecule has 1 fully saturated rings. The minimum atomic E-state index is -4.45. The highest BCUT2D eigenvalue weighted by molar-refractivity contribution is 8.77. The quantitative estimate of drug-likeness (QED) is 0.319. The number of unbranched alkanes of at least 4 members (excludes halogenated alkanes) is 1. The van der Waals surface area contributed by atoms with Crippen molar-refractivity contribution in [2.75, 3.05) is 11.5 Å². The van der Waals surface area contributed by atoms with Crippen molar-refractivity contribution < 1.29 is 27.7 Å². The fraction of sp³-hybridized carbons (Fsp3) is 0.818. The van der Waals surface area contributed by atoms with Crippen LogP contribution in [0.3, 0.4) is 0 Å². The van der Waals surface area contributed by atoms with Crippen LogP contribution in [0.2, 0.25) is 0 Å². The number of carbonyl (C=O) groups is 2. The van der Waals surface area contributed by atoms with E-state index in [9.17, 15) is 18.0 Å². The molecule has 0 unspecified atom stereocenters. The zero-order valence-corrected chi connectivity index (χ0v) is 13.8. The molecule has 0 bridgehead atoms. The average molecular weight is 357 g/mol. The van der Waals surface area contributed by atoms with E-state index >= 15 is 0 Å². The second-order valence-corrected chi connectivity index (χ2v) is 9.07. The number of hydrogen-bond acceptors (Lipinski definition) is 6. The van der Waals surface area contributed by atoms with Gasteiger partial charge in [-0.1, -0.05) is 28.0 Å². The molecule has 1 aliphatic rings. The zero-order chi connectivity index (χ0) is 15.9. The molecule has 10 heteroatoms. The van der Waals surface area contributed by atoms with E-state index in [-0.39, 0.29) is 6.42 Å².